The zero-order valence-corrected chi connectivity index (χ0v) is 20.0. The summed E-state index contributed by atoms with van der Waals surface area (Å²) in [4.78, 5) is 28.3. The Morgan fingerprint density at radius 1 is 0.857 bits per heavy atom. The normalized spacial score (nSPS) is 23.3. The van der Waals surface area contributed by atoms with Crippen LogP contribution in [0.4, 0.5) is 0 Å². The van der Waals surface area contributed by atoms with Gasteiger partial charge in [0.2, 0.25) is 5.91 Å². The molecule has 5 rings (SSSR count). The number of methoxy groups -OCH3 is 1. The highest BCUT2D eigenvalue weighted by Crippen LogP contribution is 2.47. The average molecular weight is 470 g/mol. The maximum atomic E-state index is 14.0. The Hall–Kier alpha value is -3.44. The van der Waals surface area contributed by atoms with Crippen molar-refractivity contribution >= 4 is 11.9 Å². The van der Waals surface area contributed by atoms with E-state index in [1.54, 1.807) is 4.90 Å². The number of rotatable bonds is 8. The molecule has 1 heterocycles. The van der Waals surface area contributed by atoms with Crippen LogP contribution in [0.3, 0.4) is 0 Å². The Bertz CT molecular complexity index is 1100. The maximum absolute atomic E-state index is 14.0. The molecule has 3 aromatic carbocycles. The summed E-state index contributed by atoms with van der Waals surface area (Å²) in [7, 11) is 1.37. The van der Waals surface area contributed by atoms with E-state index in [2.05, 4.69) is 24.3 Å². The fraction of sp³-hybridized carbons (Fsp3) is 0.333. The highest BCUT2D eigenvalue weighted by Gasteiger charge is 2.45. The van der Waals surface area contributed by atoms with E-state index in [-0.39, 0.29) is 12.0 Å². The molecule has 5 heteroatoms. The molecule has 1 aliphatic carbocycles. The number of likely N-dealkylation sites (tertiary alicyclic amines) is 1. The molecule has 3 aromatic rings. The topological polar surface area (TPSA) is 55.8 Å². The van der Waals surface area contributed by atoms with Crippen molar-refractivity contribution in [3.63, 3.8) is 0 Å². The zero-order chi connectivity index (χ0) is 24.2. The van der Waals surface area contributed by atoms with Crippen LogP contribution in [0.15, 0.2) is 91.0 Å². The smallest absolute Gasteiger partial charge is 0.328 e. The molecule has 4 atom stereocenters. The number of amides is 1. The molecule has 0 unspecified atom stereocenters. The molecule has 1 saturated heterocycles. The van der Waals surface area contributed by atoms with Gasteiger partial charge in [-0.3, -0.25) is 4.79 Å². The number of carbonyl (C=O) groups excluding carboxylic acids is 2. The van der Waals surface area contributed by atoms with E-state index in [0.717, 1.165) is 17.5 Å². The molecule has 5 nitrogen and oxygen atoms in total. The van der Waals surface area contributed by atoms with Crippen LogP contribution in [0.2, 0.25) is 0 Å². The number of ether oxygens (including phenoxy) is 2. The van der Waals surface area contributed by atoms with E-state index in [4.69, 9.17) is 9.47 Å². The zero-order valence-electron chi connectivity index (χ0n) is 20.0. The first kappa shape index (κ1) is 23.3. The summed E-state index contributed by atoms with van der Waals surface area (Å²) in [5, 5.41) is 0. The molecule has 1 aliphatic heterocycles. The van der Waals surface area contributed by atoms with Gasteiger partial charge in [0, 0.05) is 13.0 Å². The van der Waals surface area contributed by atoms with Crippen LogP contribution in [-0.4, -0.2) is 49.2 Å². The molecular weight excluding hydrogens is 438 g/mol. The van der Waals surface area contributed by atoms with Gasteiger partial charge in [-0.1, -0.05) is 91.0 Å². The lowest BCUT2D eigenvalue weighted by Gasteiger charge is -2.28. The molecule has 2 aliphatic rings. The van der Waals surface area contributed by atoms with Gasteiger partial charge in [-0.25, -0.2) is 4.79 Å². The van der Waals surface area contributed by atoms with Gasteiger partial charge in [0.15, 0.2) is 0 Å². The molecule has 0 radical (unpaired) electrons. The third-order valence-electron chi connectivity index (χ3n) is 7.23. The monoisotopic (exact) mass is 469 g/mol. The Morgan fingerprint density at radius 3 is 2.00 bits per heavy atom. The lowest BCUT2D eigenvalue weighted by Crippen LogP contribution is -2.43. The van der Waals surface area contributed by atoms with E-state index in [1.807, 2.05) is 66.7 Å². The van der Waals surface area contributed by atoms with E-state index in [0.29, 0.717) is 31.4 Å². The minimum atomic E-state index is -0.642. The van der Waals surface area contributed by atoms with Crippen molar-refractivity contribution in [3.8, 4) is 0 Å². The largest absolute Gasteiger partial charge is 0.467 e. The minimum absolute atomic E-state index is 0.0996. The van der Waals surface area contributed by atoms with Crippen molar-refractivity contribution in [2.45, 2.75) is 36.8 Å². The summed E-state index contributed by atoms with van der Waals surface area (Å²) in [6.07, 6.45) is 1.38. The molecule has 1 saturated carbocycles. The Labute approximate surface area is 206 Å². The lowest BCUT2D eigenvalue weighted by molar-refractivity contribution is -0.151. The highest BCUT2D eigenvalue weighted by molar-refractivity contribution is 5.91. The second-order valence-electron chi connectivity index (χ2n) is 9.49. The summed E-state index contributed by atoms with van der Waals surface area (Å²) in [6.45, 7) is 1.03. The summed E-state index contributed by atoms with van der Waals surface area (Å²) >= 11 is 0. The number of nitrogens with zero attached hydrogens (tertiary/aromatic N) is 1. The van der Waals surface area contributed by atoms with Crippen molar-refractivity contribution in [2.24, 2.45) is 5.92 Å². The molecule has 35 heavy (non-hydrogen) atoms. The highest BCUT2D eigenvalue weighted by atomic mass is 16.5. The molecule has 0 spiro atoms. The molecule has 0 N–H and O–H groups in total. The Balaban J connectivity index is 1.31. The SMILES string of the molecule is COC(=O)[C@@H]1C[C@H](OC[C@H]2C[C@H]2c2ccccc2)CN1C(=O)C(c1ccccc1)c1ccccc1. The Kier molecular flexibility index (Phi) is 6.96. The van der Waals surface area contributed by atoms with E-state index in [9.17, 15) is 9.59 Å². The third-order valence-corrected chi connectivity index (χ3v) is 7.23. The summed E-state index contributed by atoms with van der Waals surface area (Å²) in [5.41, 5.74) is 3.16. The van der Waals surface area contributed by atoms with Crippen LogP contribution >= 0.6 is 0 Å². The van der Waals surface area contributed by atoms with E-state index >= 15 is 0 Å². The maximum Gasteiger partial charge on any atom is 0.328 e. The van der Waals surface area contributed by atoms with Crippen molar-refractivity contribution < 1.29 is 19.1 Å². The standard InChI is InChI=1S/C30H31NO4/c1-34-30(33)27-18-25(35-20-24-17-26(24)21-11-5-2-6-12-21)19-31(27)29(32)28(22-13-7-3-8-14-22)23-15-9-4-10-16-23/h2-16,24-28H,17-20H2,1H3/t24-,25+,26+,27+/m1/s1. The quantitative estimate of drug-likeness (QED) is 0.446. The first-order valence-corrected chi connectivity index (χ1v) is 12.3. The summed E-state index contributed by atoms with van der Waals surface area (Å²) in [5.74, 6) is 0.0389. The predicted molar refractivity (Wildman–Crippen MR) is 134 cm³/mol. The van der Waals surface area contributed by atoms with Crippen molar-refractivity contribution in [3.05, 3.63) is 108 Å². The fourth-order valence-electron chi connectivity index (χ4n) is 5.26. The van der Waals surface area contributed by atoms with Gasteiger partial charge in [-0.15, -0.1) is 0 Å². The lowest BCUT2D eigenvalue weighted by atomic mass is 9.90. The molecule has 0 bridgehead atoms. The van der Waals surface area contributed by atoms with Gasteiger partial charge in [0.1, 0.15) is 6.04 Å². The number of hydrogen-bond acceptors (Lipinski definition) is 4. The molecular formula is C30H31NO4. The second kappa shape index (κ2) is 10.4. The molecule has 180 valence electrons. The van der Waals surface area contributed by atoms with Crippen LogP contribution < -0.4 is 0 Å². The van der Waals surface area contributed by atoms with Crippen LogP contribution in [0.1, 0.15) is 41.4 Å². The first-order chi connectivity index (χ1) is 17.2. The molecule has 1 amide bonds. The van der Waals surface area contributed by atoms with E-state index in [1.165, 1.54) is 12.7 Å². The molecule has 2 fully saturated rings. The number of benzene rings is 3. The van der Waals surface area contributed by atoms with Crippen molar-refractivity contribution in [2.75, 3.05) is 20.3 Å². The summed E-state index contributed by atoms with van der Waals surface area (Å²) in [6, 6.07) is 29.3. The number of esters is 1. The summed E-state index contributed by atoms with van der Waals surface area (Å²) < 4.78 is 11.4. The van der Waals surface area contributed by atoms with Gasteiger partial charge in [0.25, 0.3) is 0 Å². The van der Waals surface area contributed by atoms with Gasteiger partial charge in [-0.05, 0) is 34.9 Å². The minimum Gasteiger partial charge on any atom is -0.467 e. The number of carbonyl (C=O) groups is 2. The van der Waals surface area contributed by atoms with Gasteiger partial charge in [-0.2, -0.15) is 0 Å². The van der Waals surface area contributed by atoms with Crippen LogP contribution in [-0.2, 0) is 19.1 Å². The van der Waals surface area contributed by atoms with Crippen molar-refractivity contribution in [1.82, 2.24) is 4.90 Å². The van der Waals surface area contributed by atoms with E-state index < -0.39 is 17.9 Å². The van der Waals surface area contributed by atoms with Gasteiger partial charge >= 0.3 is 5.97 Å². The Morgan fingerprint density at radius 2 is 1.43 bits per heavy atom. The van der Waals surface area contributed by atoms with Gasteiger partial charge < -0.3 is 14.4 Å². The average Bonchev–Trinajstić information content (AvgIpc) is 3.57. The van der Waals surface area contributed by atoms with Gasteiger partial charge in [0.05, 0.1) is 25.7 Å². The predicted octanol–water partition coefficient (Wildman–Crippen LogP) is 4.78. The molecule has 0 aromatic heterocycles. The van der Waals surface area contributed by atoms with Crippen LogP contribution in [0.5, 0.6) is 0 Å². The first-order valence-electron chi connectivity index (χ1n) is 12.3. The third kappa shape index (κ3) is 5.15. The second-order valence-corrected chi connectivity index (χ2v) is 9.49. The number of hydrogen-bond donors (Lipinski definition) is 0. The van der Waals surface area contributed by atoms with Crippen LogP contribution in [0, 0.1) is 5.92 Å². The van der Waals surface area contributed by atoms with Crippen LogP contribution in [0.25, 0.3) is 0 Å². The van der Waals surface area contributed by atoms with Crippen molar-refractivity contribution in [1.29, 1.82) is 0 Å². The fourth-order valence-corrected chi connectivity index (χ4v) is 5.26.